The van der Waals surface area contributed by atoms with E-state index >= 15 is 0 Å². The van der Waals surface area contributed by atoms with Gasteiger partial charge in [-0.05, 0) is 67.6 Å². The van der Waals surface area contributed by atoms with Crippen molar-refractivity contribution in [2.75, 3.05) is 31.1 Å². The third-order valence-corrected chi connectivity index (χ3v) is 5.69. The van der Waals surface area contributed by atoms with Crippen LogP contribution in [-0.4, -0.2) is 45.8 Å². The van der Waals surface area contributed by atoms with E-state index in [2.05, 4.69) is 19.5 Å². The first-order valence-corrected chi connectivity index (χ1v) is 12.7. The molecule has 2 heterocycles. The van der Waals surface area contributed by atoms with Gasteiger partial charge in [0, 0.05) is 31.4 Å². The van der Waals surface area contributed by atoms with Crippen LogP contribution in [0.1, 0.15) is 12.5 Å². The minimum absolute atomic E-state index is 0.149. The fraction of sp³-hybridized carbons (Fsp3) is 0.192. The Morgan fingerprint density at radius 3 is 2.08 bits per heavy atom. The molecule has 0 saturated carbocycles. The number of rotatable bonds is 6. The zero-order chi connectivity index (χ0) is 27.9. The SMILES string of the molecule is CC1=NN(c2ccc(N=Nc3ccc(N(C)C)cc3)cc2)C(=O)C1=Cc1ccc[n+](C)c1.COS(=O)(=O)[O-]. The summed E-state index contributed by atoms with van der Waals surface area (Å²) >= 11 is 0. The summed E-state index contributed by atoms with van der Waals surface area (Å²) in [5.74, 6) is -0.149. The summed E-state index contributed by atoms with van der Waals surface area (Å²) in [6.45, 7) is 1.84. The summed E-state index contributed by atoms with van der Waals surface area (Å²) in [6.07, 6.45) is 5.78. The van der Waals surface area contributed by atoms with Crippen LogP contribution < -0.4 is 14.5 Å². The lowest BCUT2D eigenvalue weighted by Crippen LogP contribution is -2.26. The molecule has 4 rings (SSSR count). The van der Waals surface area contributed by atoms with Gasteiger partial charge in [0.05, 0.1) is 35.5 Å². The number of benzene rings is 2. The standard InChI is InChI=1S/C25H25N6O.CH4O4S/c1-18-24(16-19-6-5-15-30(4)17-19)25(32)31(28-18)23-13-9-21(10-14-23)27-26-20-7-11-22(12-8-20)29(2)3;1-5-6(2,3)4/h5-17H,1-4H3;1H3,(H,2,3,4)/q+1;/p-1. The van der Waals surface area contributed by atoms with Gasteiger partial charge < -0.3 is 9.45 Å². The number of nitrogens with zero attached hydrogens (tertiary/aromatic N) is 6. The number of hydrazone groups is 1. The molecule has 38 heavy (non-hydrogen) atoms. The highest BCUT2D eigenvalue weighted by molar-refractivity contribution is 7.80. The molecule has 0 radical (unpaired) electrons. The van der Waals surface area contributed by atoms with E-state index < -0.39 is 10.4 Å². The van der Waals surface area contributed by atoms with Crippen molar-refractivity contribution in [2.24, 2.45) is 22.4 Å². The van der Waals surface area contributed by atoms with Crippen LogP contribution in [0.25, 0.3) is 6.08 Å². The highest BCUT2D eigenvalue weighted by atomic mass is 32.3. The summed E-state index contributed by atoms with van der Waals surface area (Å²) in [5.41, 5.74) is 5.49. The quantitative estimate of drug-likeness (QED) is 0.154. The fourth-order valence-electron chi connectivity index (χ4n) is 3.32. The van der Waals surface area contributed by atoms with Crippen molar-refractivity contribution >= 4 is 50.8 Å². The molecule has 0 bridgehead atoms. The molecule has 0 unspecified atom stereocenters. The number of amides is 1. The second-order valence-electron chi connectivity index (χ2n) is 8.37. The van der Waals surface area contributed by atoms with Gasteiger partial charge in [-0.15, -0.1) is 0 Å². The van der Waals surface area contributed by atoms with Crippen LogP contribution in [0.5, 0.6) is 0 Å². The summed E-state index contributed by atoms with van der Waals surface area (Å²) in [4.78, 5) is 15.0. The maximum atomic E-state index is 13.0. The minimum Gasteiger partial charge on any atom is -0.726 e. The normalized spacial score (nSPS) is 14.5. The van der Waals surface area contributed by atoms with Crippen LogP contribution in [0, 0.1) is 0 Å². The third-order valence-electron chi connectivity index (χ3n) is 5.28. The molecule has 0 fully saturated rings. The zero-order valence-corrected chi connectivity index (χ0v) is 22.5. The van der Waals surface area contributed by atoms with E-state index in [-0.39, 0.29) is 5.91 Å². The summed E-state index contributed by atoms with van der Waals surface area (Å²) in [7, 11) is 2.33. The van der Waals surface area contributed by atoms with Gasteiger partial charge in [0.1, 0.15) is 7.05 Å². The number of aryl methyl sites for hydroxylation is 1. The van der Waals surface area contributed by atoms with Gasteiger partial charge in [-0.2, -0.15) is 20.3 Å². The summed E-state index contributed by atoms with van der Waals surface area (Å²) in [6, 6.07) is 19.0. The van der Waals surface area contributed by atoms with Gasteiger partial charge in [0.15, 0.2) is 12.4 Å². The van der Waals surface area contributed by atoms with E-state index in [1.54, 1.807) is 0 Å². The van der Waals surface area contributed by atoms with E-state index in [4.69, 9.17) is 0 Å². The Morgan fingerprint density at radius 2 is 1.58 bits per heavy atom. The average Bonchev–Trinajstić information content (AvgIpc) is 3.16. The van der Waals surface area contributed by atoms with E-state index in [1.165, 1.54) is 5.01 Å². The molecule has 0 N–H and O–H groups in total. The van der Waals surface area contributed by atoms with Gasteiger partial charge in [-0.1, -0.05) is 0 Å². The lowest BCUT2D eigenvalue weighted by atomic mass is 10.1. The summed E-state index contributed by atoms with van der Waals surface area (Å²) in [5, 5.41) is 14.4. The Morgan fingerprint density at radius 1 is 1.03 bits per heavy atom. The fourth-order valence-corrected chi connectivity index (χ4v) is 3.32. The highest BCUT2D eigenvalue weighted by Gasteiger charge is 2.28. The molecule has 198 valence electrons. The number of hydrogen-bond acceptors (Lipinski definition) is 9. The number of hydrogen-bond donors (Lipinski definition) is 0. The first kappa shape index (κ1) is 28.3. The number of anilines is 2. The van der Waals surface area contributed by atoms with Crippen molar-refractivity contribution in [1.29, 1.82) is 0 Å². The molecule has 1 aromatic heterocycles. The average molecular weight is 537 g/mol. The molecule has 0 aliphatic carbocycles. The molecule has 1 aliphatic heterocycles. The number of azo groups is 1. The van der Waals surface area contributed by atoms with Crippen molar-refractivity contribution in [2.45, 2.75) is 6.92 Å². The molecule has 0 spiro atoms. The van der Waals surface area contributed by atoms with E-state index in [9.17, 15) is 17.8 Å². The Hall–Kier alpha value is -4.26. The monoisotopic (exact) mass is 536 g/mol. The molecule has 1 aliphatic rings. The lowest BCUT2D eigenvalue weighted by Gasteiger charge is -2.12. The summed E-state index contributed by atoms with van der Waals surface area (Å²) < 4.78 is 33.0. The smallest absolute Gasteiger partial charge is 0.280 e. The zero-order valence-electron chi connectivity index (χ0n) is 21.6. The molecule has 0 atom stereocenters. The molecule has 1 amide bonds. The Balaban J connectivity index is 0.000000599. The molecular formula is C26H28N6O5S. The molecule has 12 heteroatoms. The lowest BCUT2D eigenvalue weighted by molar-refractivity contribution is -0.671. The van der Waals surface area contributed by atoms with Crippen molar-refractivity contribution in [3.8, 4) is 0 Å². The van der Waals surface area contributed by atoms with Crippen LogP contribution in [-0.2, 0) is 26.4 Å². The van der Waals surface area contributed by atoms with Crippen LogP contribution in [0.4, 0.5) is 22.7 Å². The van der Waals surface area contributed by atoms with Gasteiger partial charge in [0.25, 0.3) is 5.91 Å². The Labute approximate surface area is 222 Å². The van der Waals surface area contributed by atoms with Crippen LogP contribution in [0.3, 0.4) is 0 Å². The van der Waals surface area contributed by atoms with E-state index in [1.807, 2.05) is 117 Å². The predicted molar refractivity (Wildman–Crippen MR) is 144 cm³/mol. The number of pyridine rings is 1. The van der Waals surface area contributed by atoms with E-state index in [0.717, 1.165) is 24.0 Å². The van der Waals surface area contributed by atoms with Crippen LogP contribution >= 0.6 is 0 Å². The van der Waals surface area contributed by atoms with Crippen molar-refractivity contribution in [1.82, 2.24) is 0 Å². The molecular weight excluding hydrogens is 508 g/mol. The van der Waals surface area contributed by atoms with Crippen molar-refractivity contribution < 1.29 is 26.5 Å². The molecule has 11 nitrogen and oxygen atoms in total. The third kappa shape index (κ3) is 7.87. The topological polar surface area (TPSA) is 131 Å². The van der Waals surface area contributed by atoms with Crippen LogP contribution in [0.2, 0.25) is 0 Å². The number of carbonyl (C=O) groups excluding carboxylic acids is 1. The number of aromatic nitrogens is 1. The Bertz CT molecular complexity index is 1480. The highest BCUT2D eigenvalue weighted by Crippen LogP contribution is 2.28. The second kappa shape index (κ2) is 12.3. The maximum Gasteiger partial charge on any atom is 0.280 e. The minimum atomic E-state index is -4.41. The number of carbonyl (C=O) groups is 1. The second-order valence-corrected chi connectivity index (χ2v) is 9.52. The molecule has 3 aromatic rings. The first-order chi connectivity index (χ1) is 18.0. The molecule has 0 saturated heterocycles. The van der Waals surface area contributed by atoms with Crippen LogP contribution in [0.15, 0.2) is 94.0 Å². The first-order valence-electron chi connectivity index (χ1n) is 11.3. The van der Waals surface area contributed by atoms with Gasteiger partial charge in [-0.25, -0.2) is 13.0 Å². The van der Waals surface area contributed by atoms with E-state index in [0.29, 0.717) is 22.7 Å². The maximum absolute atomic E-state index is 13.0. The van der Waals surface area contributed by atoms with Crippen molar-refractivity contribution in [3.05, 3.63) is 84.2 Å². The largest absolute Gasteiger partial charge is 0.726 e. The van der Waals surface area contributed by atoms with Gasteiger partial charge in [-0.3, -0.25) is 8.98 Å². The van der Waals surface area contributed by atoms with Gasteiger partial charge >= 0.3 is 0 Å². The van der Waals surface area contributed by atoms with Crippen molar-refractivity contribution in [3.63, 3.8) is 0 Å². The Kier molecular flexibility index (Phi) is 9.18. The predicted octanol–water partition coefficient (Wildman–Crippen LogP) is 3.89. The van der Waals surface area contributed by atoms with Gasteiger partial charge in [0.2, 0.25) is 10.4 Å². The molecule has 2 aromatic carbocycles.